The summed E-state index contributed by atoms with van der Waals surface area (Å²) in [5.41, 5.74) is -0.907. The SMILES string of the molecule is CCCCCCCC/C=C/Oc1c(O)c2cccc(OCC(=O)O)c2oc1=O. The van der Waals surface area contributed by atoms with Crippen LogP contribution in [0.5, 0.6) is 17.2 Å². The standard InChI is InChI=1S/C21H26O7/c1-2-3-4-5-6-7-8-9-13-26-20-18(24)15-11-10-12-16(27-14-17(22)23)19(15)28-21(20)25/h9-13,24H,2-8,14H2,1H3,(H,22,23)/b13-9+. The van der Waals surface area contributed by atoms with Gasteiger partial charge in [-0.15, -0.1) is 0 Å². The van der Waals surface area contributed by atoms with Crippen molar-refractivity contribution in [3.8, 4) is 17.2 Å². The van der Waals surface area contributed by atoms with E-state index in [1.165, 1.54) is 44.1 Å². The summed E-state index contributed by atoms with van der Waals surface area (Å²) in [6.07, 6.45) is 11.1. The Labute approximate surface area is 163 Å². The number of ether oxygens (including phenoxy) is 2. The van der Waals surface area contributed by atoms with Gasteiger partial charge in [0.2, 0.25) is 0 Å². The zero-order chi connectivity index (χ0) is 20.4. The summed E-state index contributed by atoms with van der Waals surface area (Å²) in [5.74, 6) is -1.81. The summed E-state index contributed by atoms with van der Waals surface area (Å²) in [6, 6.07) is 4.53. The van der Waals surface area contributed by atoms with E-state index in [-0.39, 0.29) is 28.2 Å². The van der Waals surface area contributed by atoms with Gasteiger partial charge < -0.3 is 24.1 Å². The van der Waals surface area contributed by atoms with Crippen molar-refractivity contribution < 1.29 is 28.9 Å². The third-order valence-corrected chi connectivity index (χ3v) is 4.19. The monoisotopic (exact) mass is 390 g/mol. The maximum Gasteiger partial charge on any atom is 0.383 e. The normalized spacial score (nSPS) is 11.2. The van der Waals surface area contributed by atoms with Gasteiger partial charge in [0.1, 0.15) is 0 Å². The van der Waals surface area contributed by atoms with Gasteiger partial charge in [0.15, 0.2) is 23.7 Å². The molecule has 2 rings (SSSR count). The summed E-state index contributed by atoms with van der Waals surface area (Å²) < 4.78 is 15.6. The number of carbonyl (C=O) groups is 1. The van der Waals surface area contributed by atoms with Crippen molar-refractivity contribution in [2.45, 2.75) is 51.9 Å². The molecule has 0 aliphatic carbocycles. The topological polar surface area (TPSA) is 106 Å². The van der Waals surface area contributed by atoms with E-state index in [1.807, 2.05) is 0 Å². The van der Waals surface area contributed by atoms with Crippen LogP contribution < -0.4 is 15.1 Å². The van der Waals surface area contributed by atoms with Crippen molar-refractivity contribution in [1.29, 1.82) is 0 Å². The molecule has 1 aromatic carbocycles. The van der Waals surface area contributed by atoms with Gasteiger partial charge in [-0.05, 0) is 31.1 Å². The lowest BCUT2D eigenvalue weighted by Gasteiger charge is -2.09. The van der Waals surface area contributed by atoms with E-state index in [1.54, 1.807) is 12.1 Å². The second-order valence-corrected chi connectivity index (χ2v) is 6.43. The van der Waals surface area contributed by atoms with Crippen LogP contribution in [0.15, 0.2) is 39.7 Å². The number of benzene rings is 1. The highest BCUT2D eigenvalue weighted by molar-refractivity contribution is 5.89. The fourth-order valence-electron chi connectivity index (χ4n) is 2.75. The molecule has 0 spiro atoms. The first-order valence-electron chi connectivity index (χ1n) is 9.49. The van der Waals surface area contributed by atoms with E-state index < -0.39 is 18.2 Å². The molecule has 0 aliphatic rings. The van der Waals surface area contributed by atoms with Crippen LogP contribution in [0.2, 0.25) is 0 Å². The van der Waals surface area contributed by atoms with Crippen LogP contribution in [0, 0.1) is 0 Å². The van der Waals surface area contributed by atoms with Gasteiger partial charge in [-0.3, -0.25) is 0 Å². The Hall–Kier alpha value is -2.96. The minimum atomic E-state index is -1.17. The molecule has 28 heavy (non-hydrogen) atoms. The molecule has 2 N–H and O–H groups in total. The average molecular weight is 390 g/mol. The predicted octanol–water partition coefficient (Wildman–Crippen LogP) is 4.61. The Morgan fingerprint density at radius 2 is 1.93 bits per heavy atom. The number of aromatic hydroxyl groups is 1. The van der Waals surface area contributed by atoms with Crippen molar-refractivity contribution in [1.82, 2.24) is 0 Å². The third kappa shape index (κ3) is 6.04. The number of para-hydroxylation sites is 1. The molecule has 0 saturated heterocycles. The second-order valence-electron chi connectivity index (χ2n) is 6.43. The van der Waals surface area contributed by atoms with Crippen LogP contribution in [0.25, 0.3) is 11.0 Å². The second kappa shape index (κ2) is 11.0. The van der Waals surface area contributed by atoms with Crippen LogP contribution >= 0.6 is 0 Å². The van der Waals surface area contributed by atoms with E-state index in [9.17, 15) is 14.7 Å². The summed E-state index contributed by atoms with van der Waals surface area (Å²) in [7, 11) is 0. The molecule has 0 fully saturated rings. The quantitative estimate of drug-likeness (QED) is 0.310. The maximum atomic E-state index is 12.2. The first-order valence-corrected chi connectivity index (χ1v) is 9.49. The summed E-state index contributed by atoms with van der Waals surface area (Å²) in [4.78, 5) is 22.8. The molecule has 152 valence electrons. The Morgan fingerprint density at radius 3 is 2.68 bits per heavy atom. The van der Waals surface area contributed by atoms with Gasteiger partial charge in [0, 0.05) is 0 Å². The first kappa shape index (κ1) is 21.3. The van der Waals surface area contributed by atoms with Crippen molar-refractivity contribution in [2.75, 3.05) is 6.61 Å². The zero-order valence-electron chi connectivity index (χ0n) is 16.0. The van der Waals surface area contributed by atoms with Gasteiger partial charge in [-0.25, -0.2) is 9.59 Å². The Morgan fingerprint density at radius 1 is 1.18 bits per heavy atom. The van der Waals surface area contributed by atoms with Crippen molar-refractivity contribution >= 4 is 16.9 Å². The summed E-state index contributed by atoms with van der Waals surface area (Å²) in [5, 5.41) is 19.3. The Kier molecular flexibility index (Phi) is 8.39. The zero-order valence-corrected chi connectivity index (χ0v) is 16.0. The molecule has 0 unspecified atom stereocenters. The summed E-state index contributed by atoms with van der Waals surface area (Å²) >= 11 is 0. The van der Waals surface area contributed by atoms with Crippen molar-refractivity contribution in [3.63, 3.8) is 0 Å². The molecule has 0 amide bonds. The largest absolute Gasteiger partial charge is 0.504 e. The van der Waals surface area contributed by atoms with E-state index in [4.69, 9.17) is 19.0 Å². The number of rotatable bonds is 12. The highest BCUT2D eigenvalue weighted by atomic mass is 16.5. The smallest absolute Gasteiger partial charge is 0.383 e. The number of unbranched alkanes of at least 4 members (excludes halogenated alkanes) is 6. The molecule has 0 bridgehead atoms. The minimum absolute atomic E-state index is 0.0327. The lowest BCUT2D eigenvalue weighted by Crippen LogP contribution is -2.10. The van der Waals surface area contributed by atoms with E-state index in [0.29, 0.717) is 0 Å². The molecule has 0 saturated carbocycles. The molecular formula is C21H26O7. The molecule has 7 heteroatoms. The van der Waals surface area contributed by atoms with Crippen LogP contribution in [0.4, 0.5) is 0 Å². The number of hydrogen-bond acceptors (Lipinski definition) is 6. The van der Waals surface area contributed by atoms with E-state index in [0.717, 1.165) is 19.3 Å². The minimum Gasteiger partial charge on any atom is -0.504 e. The van der Waals surface area contributed by atoms with Crippen LogP contribution in [-0.2, 0) is 4.79 Å². The van der Waals surface area contributed by atoms with Crippen LogP contribution in [0.3, 0.4) is 0 Å². The lowest BCUT2D eigenvalue weighted by molar-refractivity contribution is -0.139. The molecule has 0 aliphatic heterocycles. The number of hydrogen-bond donors (Lipinski definition) is 2. The number of aliphatic carboxylic acids is 1. The Bertz CT molecular complexity index is 867. The summed E-state index contributed by atoms with van der Waals surface area (Å²) in [6.45, 7) is 1.59. The number of allylic oxidation sites excluding steroid dienone is 1. The van der Waals surface area contributed by atoms with E-state index in [2.05, 4.69) is 6.92 Å². The van der Waals surface area contributed by atoms with Crippen molar-refractivity contribution in [2.24, 2.45) is 0 Å². The molecule has 0 atom stereocenters. The molecule has 0 radical (unpaired) electrons. The van der Waals surface area contributed by atoms with Gasteiger partial charge in [0.05, 0.1) is 11.6 Å². The average Bonchev–Trinajstić information content (AvgIpc) is 2.67. The Balaban J connectivity index is 2.02. The van der Waals surface area contributed by atoms with E-state index >= 15 is 0 Å². The number of carboxylic acids is 1. The molecule has 7 nitrogen and oxygen atoms in total. The number of fused-ring (bicyclic) bond motifs is 1. The predicted molar refractivity (Wildman–Crippen MR) is 105 cm³/mol. The molecular weight excluding hydrogens is 364 g/mol. The van der Waals surface area contributed by atoms with Crippen molar-refractivity contribution in [3.05, 3.63) is 41.0 Å². The fraction of sp³-hybridized carbons (Fsp3) is 0.429. The van der Waals surface area contributed by atoms with Gasteiger partial charge in [-0.2, -0.15) is 0 Å². The van der Waals surface area contributed by atoms with Gasteiger partial charge in [0.25, 0.3) is 5.75 Å². The highest BCUT2D eigenvalue weighted by Gasteiger charge is 2.18. The maximum absolute atomic E-state index is 12.2. The molecule has 1 aromatic heterocycles. The fourth-order valence-corrected chi connectivity index (χ4v) is 2.75. The van der Waals surface area contributed by atoms with Gasteiger partial charge >= 0.3 is 11.6 Å². The molecule has 2 aromatic rings. The third-order valence-electron chi connectivity index (χ3n) is 4.19. The van der Waals surface area contributed by atoms with Crippen LogP contribution in [0.1, 0.15) is 51.9 Å². The molecule has 1 heterocycles. The van der Waals surface area contributed by atoms with Gasteiger partial charge in [-0.1, -0.05) is 45.1 Å². The first-order chi connectivity index (χ1) is 13.5. The van der Waals surface area contributed by atoms with Crippen LogP contribution in [-0.4, -0.2) is 22.8 Å². The highest BCUT2D eigenvalue weighted by Crippen LogP contribution is 2.35. The lowest BCUT2D eigenvalue weighted by atomic mass is 10.1. The number of carboxylic acid groups (broad SMARTS) is 1.